The molecule has 3 N–H and O–H groups in total. The lowest BCUT2D eigenvalue weighted by atomic mass is 10.1. The lowest BCUT2D eigenvalue weighted by Crippen LogP contribution is -2.31. The van der Waals surface area contributed by atoms with Gasteiger partial charge < -0.3 is 10.1 Å². The largest absolute Gasteiger partial charge is 0.380 e. The van der Waals surface area contributed by atoms with Gasteiger partial charge in [0.1, 0.15) is 11.5 Å². The summed E-state index contributed by atoms with van der Waals surface area (Å²) >= 11 is 0. The number of fused-ring (bicyclic) bond motifs is 1. The third-order valence-electron chi connectivity index (χ3n) is 3.60. The first-order valence-electron chi connectivity index (χ1n) is 8.07. The van der Waals surface area contributed by atoms with E-state index in [0.29, 0.717) is 25.6 Å². The Bertz CT molecular complexity index is 876. The molecule has 2 amide bonds. The van der Waals surface area contributed by atoms with Crippen molar-refractivity contribution in [2.24, 2.45) is 0 Å². The van der Waals surface area contributed by atoms with Crippen LogP contribution in [0.15, 0.2) is 30.6 Å². The molecule has 8 nitrogen and oxygen atoms in total. The minimum atomic E-state index is -0.323. The molecule has 0 atom stereocenters. The van der Waals surface area contributed by atoms with Crippen LogP contribution in [0.4, 0.5) is 10.6 Å². The van der Waals surface area contributed by atoms with Crippen LogP contribution in [0.1, 0.15) is 12.6 Å². The number of amides is 2. The Morgan fingerprint density at radius 1 is 1.32 bits per heavy atom. The standard InChI is InChI=1S/C17H20N6O2/c1-3-25-7-6-19-17(24)21-15-9-14-13(10-20-15)16(23-22-14)12-4-5-18-11(2)8-12/h4-5,8-10H,3,6-7H2,1-2H3,(H,22,23)(H2,19,20,21,24). The van der Waals surface area contributed by atoms with Crippen molar-refractivity contribution in [3.63, 3.8) is 0 Å². The van der Waals surface area contributed by atoms with Crippen LogP contribution in [-0.2, 0) is 4.74 Å². The molecule has 0 unspecified atom stereocenters. The molecule has 0 aliphatic rings. The number of carbonyl (C=O) groups is 1. The summed E-state index contributed by atoms with van der Waals surface area (Å²) in [6, 6.07) is 5.30. The SMILES string of the molecule is CCOCCNC(=O)Nc1cc2[nH]nc(-c3ccnc(C)c3)c2cn1. The van der Waals surface area contributed by atoms with Crippen molar-refractivity contribution in [2.45, 2.75) is 13.8 Å². The topological polar surface area (TPSA) is 105 Å². The summed E-state index contributed by atoms with van der Waals surface area (Å²) in [6.07, 6.45) is 3.45. The number of aromatic nitrogens is 4. The summed E-state index contributed by atoms with van der Waals surface area (Å²) in [7, 11) is 0. The fourth-order valence-corrected chi connectivity index (χ4v) is 2.44. The van der Waals surface area contributed by atoms with Gasteiger partial charge in [0.15, 0.2) is 0 Å². The molecule has 0 bridgehead atoms. The molecule has 25 heavy (non-hydrogen) atoms. The van der Waals surface area contributed by atoms with Crippen LogP contribution < -0.4 is 10.6 Å². The molecule has 3 heterocycles. The van der Waals surface area contributed by atoms with Crippen LogP contribution in [0.3, 0.4) is 0 Å². The number of nitrogens with zero attached hydrogens (tertiary/aromatic N) is 3. The predicted molar refractivity (Wildman–Crippen MR) is 95.4 cm³/mol. The van der Waals surface area contributed by atoms with Crippen LogP contribution in [0, 0.1) is 6.92 Å². The summed E-state index contributed by atoms with van der Waals surface area (Å²) in [5, 5.41) is 13.6. The second-order valence-corrected chi connectivity index (χ2v) is 5.45. The van der Waals surface area contributed by atoms with E-state index in [2.05, 4.69) is 30.8 Å². The molecule has 3 aromatic heterocycles. The molecule has 0 radical (unpaired) electrons. The number of ether oxygens (including phenoxy) is 1. The Balaban J connectivity index is 1.72. The Morgan fingerprint density at radius 3 is 3.00 bits per heavy atom. The van der Waals surface area contributed by atoms with Gasteiger partial charge in [-0.05, 0) is 26.0 Å². The first-order valence-corrected chi connectivity index (χ1v) is 8.07. The number of aryl methyl sites for hydroxylation is 1. The van der Waals surface area contributed by atoms with Gasteiger partial charge in [0, 0.05) is 48.3 Å². The quantitative estimate of drug-likeness (QED) is 0.598. The van der Waals surface area contributed by atoms with Crippen LogP contribution >= 0.6 is 0 Å². The smallest absolute Gasteiger partial charge is 0.320 e. The molecule has 0 spiro atoms. The maximum absolute atomic E-state index is 11.8. The molecule has 0 aliphatic carbocycles. The van der Waals surface area contributed by atoms with Crippen molar-refractivity contribution < 1.29 is 9.53 Å². The van der Waals surface area contributed by atoms with Crippen LogP contribution in [0.25, 0.3) is 22.2 Å². The van der Waals surface area contributed by atoms with E-state index in [9.17, 15) is 4.79 Å². The highest BCUT2D eigenvalue weighted by atomic mass is 16.5. The molecule has 130 valence electrons. The molecular weight excluding hydrogens is 320 g/mol. The van der Waals surface area contributed by atoms with Gasteiger partial charge in [-0.15, -0.1) is 0 Å². The van der Waals surface area contributed by atoms with E-state index >= 15 is 0 Å². The van der Waals surface area contributed by atoms with E-state index in [1.54, 1.807) is 18.5 Å². The highest BCUT2D eigenvalue weighted by Gasteiger charge is 2.11. The Labute approximate surface area is 145 Å². The zero-order chi connectivity index (χ0) is 17.6. The van der Waals surface area contributed by atoms with Crippen molar-refractivity contribution in [3.8, 4) is 11.3 Å². The monoisotopic (exact) mass is 340 g/mol. The van der Waals surface area contributed by atoms with Crippen LogP contribution in [0.2, 0.25) is 0 Å². The average Bonchev–Trinajstić information content (AvgIpc) is 3.02. The first-order chi connectivity index (χ1) is 12.2. The fraction of sp³-hybridized carbons (Fsp3) is 0.294. The lowest BCUT2D eigenvalue weighted by Gasteiger charge is -2.07. The minimum absolute atomic E-state index is 0.323. The summed E-state index contributed by atoms with van der Waals surface area (Å²) in [4.78, 5) is 20.3. The number of rotatable bonds is 6. The summed E-state index contributed by atoms with van der Waals surface area (Å²) in [5.74, 6) is 0.447. The summed E-state index contributed by atoms with van der Waals surface area (Å²) < 4.78 is 5.17. The van der Waals surface area contributed by atoms with Gasteiger partial charge in [-0.2, -0.15) is 5.10 Å². The number of pyridine rings is 2. The van der Waals surface area contributed by atoms with Gasteiger partial charge in [0.25, 0.3) is 0 Å². The van der Waals surface area contributed by atoms with E-state index < -0.39 is 0 Å². The van der Waals surface area contributed by atoms with Gasteiger partial charge in [-0.3, -0.25) is 15.4 Å². The van der Waals surface area contributed by atoms with Crippen LogP contribution in [-0.4, -0.2) is 46.0 Å². The van der Waals surface area contributed by atoms with Crippen molar-refractivity contribution in [1.82, 2.24) is 25.5 Å². The van der Waals surface area contributed by atoms with E-state index in [1.165, 1.54) is 0 Å². The normalized spacial score (nSPS) is 10.8. The summed E-state index contributed by atoms with van der Waals surface area (Å²) in [6.45, 7) is 5.39. The van der Waals surface area contributed by atoms with Crippen molar-refractivity contribution in [1.29, 1.82) is 0 Å². The van der Waals surface area contributed by atoms with E-state index in [4.69, 9.17) is 4.74 Å². The predicted octanol–water partition coefficient (Wildman–Crippen LogP) is 2.49. The molecule has 0 aromatic carbocycles. The summed E-state index contributed by atoms with van der Waals surface area (Å²) in [5.41, 5.74) is 3.49. The van der Waals surface area contributed by atoms with Crippen molar-refractivity contribution in [2.75, 3.05) is 25.1 Å². The second kappa shape index (κ2) is 7.71. The van der Waals surface area contributed by atoms with E-state index in [1.807, 2.05) is 26.0 Å². The molecule has 0 aliphatic heterocycles. The lowest BCUT2D eigenvalue weighted by molar-refractivity contribution is 0.150. The fourth-order valence-electron chi connectivity index (χ4n) is 2.44. The molecule has 3 rings (SSSR count). The highest BCUT2D eigenvalue weighted by Crippen LogP contribution is 2.26. The molecule has 0 fully saturated rings. The van der Waals surface area contributed by atoms with Crippen molar-refractivity contribution >= 4 is 22.8 Å². The van der Waals surface area contributed by atoms with Crippen LogP contribution in [0.5, 0.6) is 0 Å². The number of hydrogen-bond acceptors (Lipinski definition) is 5. The number of aromatic amines is 1. The zero-order valence-corrected chi connectivity index (χ0v) is 14.2. The number of carbonyl (C=O) groups excluding carboxylic acids is 1. The van der Waals surface area contributed by atoms with Gasteiger partial charge in [0.05, 0.1) is 12.1 Å². The highest BCUT2D eigenvalue weighted by molar-refractivity contribution is 5.95. The molecular formula is C17H20N6O2. The molecule has 8 heteroatoms. The van der Waals surface area contributed by atoms with Gasteiger partial charge in [0.2, 0.25) is 0 Å². The number of H-pyrrole nitrogens is 1. The number of hydrogen-bond donors (Lipinski definition) is 3. The Hall–Kier alpha value is -3.00. The number of urea groups is 1. The number of nitrogens with one attached hydrogen (secondary N) is 3. The molecule has 0 saturated heterocycles. The third-order valence-corrected chi connectivity index (χ3v) is 3.60. The Kier molecular flexibility index (Phi) is 5.20. The van der Waals surface area contributed by atoms with Crippen molar-refractivity contribution in [3.05, 3.63) is 36.3 Å². The van der Waals surface area contributed by atoms with Gasteiger partial charge >= 0.3 is 6.03 Å². The maximum Gasteiger partial charge on any atom is 0.320 e. The second-order valence-electron chi connectivity index (χ2n) is 5.45. The number of anilines is 1. The van der Waals surface area contributed by atoms with Gasteiger partial charge in [-0.1, -0.05) is 0 Å². The zero-order valence-electron chi connectivity index (χ0n) is 14.2. The maximum atomic E-state index is 11.8. The van der Waals surface area contributed by atoms with Gasteiger partial charge in [-0.25, -0.2) is 9.78 Å². The Morgan fingerprint density at radius 2 is 2.20 bits per heavy atom. The first kappa shape index (κ1) is 16.8. The molecule has 0 saturated carbocycles. The third kappa shape index (κ3) is 4.10. The minimum Gasteiger partial charge on any atom is -0.380 e. The average molecular weight is 340 g/mol. The molecule has 3 aromatic rings. The van der Waals surface area contributed by atoms with E-state index in [-0.39, 0.29) is 6.03 Å². The van der Waals surface area contributed by atoms with E-state index in [0.717, 1.165) is 27.9 Å².